The Morgan fingerprint density at radius 2 is 1.76 bits per heavy atom. The fourth-order valence-electron chi connectivity index (χ4n) is 2.87. The number of alkyl halides is 3. The number of carbonyl (C=O) groups is 1. The maximum atomic E-state index is 13.8. The van der Waals surface area contributed by atoms with Crippen molar-refractivity contribution >= 4 is 5.91 Å². The molecule has 1 heterocycles. The Bertz CT molecular complexity index is 832. The van der Waals surface area contributed by atoms with E-state index < -0.39 is 24.2 Å². The molecule has 0 aliphatic heterocycles. The van der Waals surface area contributed by atoms with E-state index in [9.17, 15) is 18.0 Å². The van der Waals surface area contributed by atoms with Crippen LogP contribution in [0.2, 0.25) is 0 Å². The average Bonchev–Trinajstić information content (AvgIpc) is 2.69. The lowest BCUT2D eigenvalue weighted by molar-refractivity contribution is -0.161. The highest BCUT2D eigenvalue weighted by molar-refractivity contribution is 5.82. The first kappa shape index (κ1) is 22.3. The molecule has 0 spiro atoms. The number of halogens is 3. The number of benzene rings is 1. The average molecular weight is 405 g/mol. The molecule has 0 fully saturated rings. The normalized spacial score (nSPS) is 13.6. The first-order valence-corrected chi connectivity index (χ1v) is 9.05. The molecule has 1 amide bonds. The quantitative estimate of drug-likeness (QED) is 0.657. The van der Waals surface area contributed by atoms with E-state index in [1.54, 1.807) is 30.6 Å². The smallest absolute Gasteiger partial charge is 0.342 e. The van der Waals surface area contributed by atoms with Gasteiger partial charge in [0, 0.05) is 18.0 Å². The van der Waals surface area contributed by atoms with Gasteiger partial charge in [-0.3, -0.25) is 10.1 Å². The molecular weight excluding hydrogens is 383 g/mol. The molecule has 0 saturated carbocycles. The second kappa shape index (κ2) is 9.98. The summed E-state index contributed by atoms with van der Waals surface area (Å²) >= 11 is 0. The molecule has 2 aromatic rings. The van der Waals surface area contributed by atoms with Gasteiger partial charge in [0.25, 0.3) is 0 Å². The summed E-state index contributed by atoms with van der Waals surface area (Å²) in [6.07, 6.45) is 0.0957. The lowest BCUT2D eigenvalue weighted by Crippen LogP contribution is -2.49. The third kappa shape index (κ3) is 6.54. The van der Waals surface area contributed by atoms with Gasteiger partial charge in [-0.2, -0.15) is 18.4 Å². The minimum atomic E-state index is -4.61. The summed E-state index contributed by atoms with van der Waals surface area (Å²) in [5.41, 5.74) is 1.35. The van der Waals surface area contributed by atoms with Crippen molar-refractivity contribution in [2.75, 3.05) is 6.54 Å². The van der Waals surface area contributed by atoms with Crippen molar-refractivity contribution in [2.45, 2.75) is 38.5 Å². The molecule has 0 aliphatic carbocycles. The van der Waals surface area contributed by atoms with Crippen LogP contribution in [0.3, 0.4) is 0 Å². The van der Waals surface area contributed by atoms with Gasteiger partial charge >= 0.3 is 6.18 Å². The van der Waals surface area contributed by atoms with Gasteiger partial charge in [-0.25, -0.2) is 9.97 Å². The molecular formula is C20H22F3N5O. The van der Waals surface area contributed by atoms with E-state index in [0.717, 1.165) is 0 Å². The van der Waals surface area contributed by atoms with Gasteiger partial charge in [-0.15, -0.1) is 0 Å². The maximum absolute atomic E-state index is 13.8. The highest BCUT2D eigenvalue weighted by Crippen LogP contribution is 2.34. The zero-order chi connectivity index (χ0) is 21.4. The summed E-state index contributed by atoms with van der Waals surface area (Å²) < 4.78 is 41.3. The number of aromatic nitrogens is 2. The van der Waals surface area contributed by atoms with Crippen LogP contribution >= 0.6 is 0 Å². The highest BCUT2D eigenvalue weighted by Gasteiger charge is 2.42. The topological polar surface area (TPSA) is 90.7 Å². The Morgan fingerprint density at radius 1 is 1.14 bits per heavy atom. The largest absolute Gasteiger partial charge is 0.407 e. The molecule has 2 rings (SSSR count). The van der Waals surface area contributed by atoms with Gasteiger partial charge in [0.15, 0.2) is 0 Å². The number of carbonyl (C=O) groups excluding carboxylic acids is 1. The zero-order valence-corrected chi connectivity index (χ0v) is 16.1. The van der Waals surface area contributed by atoms with Crippen molar-refractivity contribution in [1.29, 1.82) is 5.26 Å². The second-order valence-corrected chi connectivity index (χ2v) is 6.95. The second-order valence-electron chi connectivity index (χ2n) is 6.95. The summed E-state index contributed by atoms with van der Waals surface area (Å²) in [6.45, 7) is 3.36. The van der Waals surface area contributed by atoms with E-state index in [-0.39, 0.29) is 24.4 Å². The Balaban J connectivity index is 2.28. The molecule has 6 nitrogen and oxygen atoms in total. The van der Waals surface area contributed by atoms with Crippen molar-refractivity contribution < 1.29 is 18.0 Å². The van der Waals surface area contributed by atoms with Gasteiger partial charge < -0.3 is 5.32 Å². The van der Waals surface area contributed by atoms with E-state index in [1.165, 1.54) is 18.5 Å². The van der Waals surface area contributed by atoms with E-state index in [4.69, 9.17) is 5.26 Å². The third-order valence-electron chi connectivity index (χ3n) is 4.20. The molecule has 29 heavy (non-hydrogen) atoms. The van der Waals surface area contributed by atoms with Crippen LogP contribution in [0.25, 0.3) is 11.1 Å². The van der Waals surface area contributed by atoms with Gasteiger partial charge in [0.2, 0.25) is 5.91 Å². The first-order valence-electron chi connectivity index (χ1n) is 9.05. The molecule has 0 radical (unpaired) electrons. The fourth-order valence-corrected chi connectivity index (χ4v) is 2.87. The summed E-state index contributed by atoms with van der Waals surface area (Å²) in [5, 5.41) is 13.4. The van der Waals surface area contributed by atoms with Crippen molar-refractivity contribution in [3.63, 3.8) is 0 Å². The van der Waals surface area contributed by atoms with Crippen molar-refractivity contribution in [3.8, 4) is 17.2 Å². The van der Waals surface area contributed by atoms with Crippen LogP contribution in [0.5, 0.6) is 0 Å². The van der Waals surface area contributed by atoms with Gasteiger partial charge in [-0.05, 0) is 23.5 Å². The standard InChI is InChI=1S/C20H22F3N5O/c1-13(2)9-17(19(29)27-8-7-24)28-18(20(21,22)23)15-5-3-14(4-6-15)16-10-25-12-26-11-16/h3-6,10-13,17-18,28H,8-9H2,1-2H3,(H,27,29)/t17-,18-/m0/s1. The first-order chi connectivity index (χ1) is 13.7. The van der Waals surface area contributed by atoms with Crippen LogP contribution in [-0.2, 0) is 4.79 Å². The lowest BCUT2D eigenvalue weighted by Gasteiger charge is -2.28. The van der Waals surface area contributed by atoms with E-state index in [2.05, 4.69) is 20.6 Å². The minimum absolute atomic E-state index is 0.0139. The monoisotopic (exact) mass is 405 g/mol. The Labute approximate surface area is 167 Å². The van der Waals surface area contributed by atoms with Crippen LogP contribution in [0.4, 0.5) is 13.2 Å². The van der Waals surface area contributed by atoms with Crippen LogP contribution in [0.15, 0.2) is 43.0 Å². The number of nitriles is 1. The molecule has 154 valence electrons. The third-order valence-corrected chi connectivity index (χ3v) is 4.20. The van der Waals surface area contributed by atoms with Gasteiger partial charge in [0.1, 0.15) is 18.9 Å². The number of nitrogens with one attached hydrogen (secondary N) is 2. The van der Waals surface area contributed by atoms with Crippen LogP contribution in [-0.4, -0.2) is 34.6 Å². The molecule has 0 unspecified atom stereocenters. The predicted octanol–water partition coefficient (Wildman–Crippen LogP) is 3.39. The van der Waals surface area contributed by atoms with Crippen molar-refractivity contribution in [1.82, 2.24) is 20.6 Å². The molecule has 1 aromatic heterocycles. The molecule has 0 bridgehead atoms. The highest BCUT2D eigenvalue weighted by atomic mass is 19.4. The summed E-state index contributed by atoms with van der Waals surface area (Å²) in [4.78, 5) is 20.1. The summed E-state index contributed by atoms with van der Waals surface area (Å²) in [6, 6.07) is 4.49. The molecule has 2 atom stereocenters. The number of hydrogen-bond donors (Lipinski definition) is 2. The number of hydrogen-bond acceptors (Lipinski definition) is 5. The van der Waals surface area contributed by atoms with E-state index >= 15 is 0 Å². The maximum Gasteiger partial charge on any atom is 0.407 e. The zero-order valence-electron chi connectivity index (χ0n) is 16.1. The van der Waals surface area contributed by atoms with Gasteiger partial charge in [0.05, 0.1) is 12.1 Å². The number of rotatable bonds is 8. The van der Waals surface area contributed by atoms with Crippen LogP contribution in [0.1, 0.15) is 31.9 Å². The molecule has 0 saturated heterocycles. The Morgan fingerprint density at radius 3 is 2.28 bits per heavy atom. The summed E-state index contributed by atoms with van der Waals surface area (Å²) in [7, 11) is 0. The molecule has 2 N–H and O–H groups in total. The Hall–Kier alpha value is -2.99. The molecule has 9 heteroatoms. The molecule has 0 aliphatic rings. The Kier molecular flexibility index (Phi) is 7.67. The SMILES string of the molecule is CC(C)C[C@H](N[C@@H](c1ccc(-c2cncnc2)cc1)C(F)(F)F)C(=O)NCC#N. The van der Waals surface area contributed by atoms with Gasteiger partial charge in [-0.1, -0.05) is 38.1 Å². The minimum Gasteiger partial charge on any atom is -0.342 e. The van der Waals surface area contributed by atoms with Crippen LogP contribution in [0, 0.1) is 17.2 Å². The summed E-state index contributed by atoms with van der Waals surface area (Å²) in [5.74, 6) is -0.651. The molecule has 1 aromatic carbocycles. The fraction of sp³-hybridized carbons (Fsp3) is 0.400. The number of nitrogens with zero attached hydrogens (tertiary/aromatic N) is 3. The van der Waals surface area contributed by atoms with Crippen LogP contribution < -0.4 is 10.6 Å². The van der Waals surface area contributed by atoms with Crippen molar-refractivity contribution in [3.05, 3.63) is 48.5 Å². The van der Waals surface area contributed by atoms with Crippen molar-refractivity contribution in [2.24, 2.45) is 5.92 Å². The van der Waals surface area contributed by atoms with E-state index in [1.807, 2.05) is 13.8 Å². The lowest BCUT2D eigenvalue weighted by atomic mass is 9.98. The number of amides is 1. The van der Waals surface area contributed by atoms with E-state index in [0.29, 0.717) is 11.1 Å². The predicted molar refractivity (Wildman–Crippen MR) is 101 cm³/mol.